The smallest absolute Gasteiger partial charge is 0.124 e. The van der Waals surface area contributed by atoms with Gasteiger partial charge in [0.15, 0.2) is 0 Å². The van der Waals surface area contributed by atoms with Crippen molar-refractivity contribution < 1.29 is 13.7 Å². The zero-order chi connectivity index (χ0) is 26.8. The molecular weight excluding hydrogens is 484 g/mol. The third-order valence-electron chi connectivity index (χ3n) is 6.83. The molecule has 0 unspecified atom stereocenters. The first-order chi connectivity index (χ1) is 17.5. The van der Waals surface area contributed by atoms with Gasteiger partial charge in [-0.25, -0.2) is 0 Å². The number of nitrogens with zero attached hydrogens (tertiary/aromatic N) is 4. The van der Waals surface area contributed by atoms with Crippen molar-refractivity contribution in [2.24, 2.45) is 7.05 Å². The molecule has 2 heterocycles. The van der Waals surface area contributed by atoms with E-state index < -0.39 is 10.3 Å². The van der Waals surface area contributed by atoms with E-state index >= 15 is 0 Å². The summed E-state index contributed by atoms with van der Waals surface area (Å²) < 4.78 is 19.5. The molecule has 8 heteroatoms. The summed E-state index contributed by atoms with van der Waals surface area (Å²) in [5.41, 5.74) is 5.03. The zero-order valence-corrected chi connectivity index (χ0v) is 23.9. The van der Waals surface area contributed by atoms with Crippen LogP contribution in [0, 0.1) is 0 Å². The van der Waals surface area contributed by atoms with Crippen LogP contribution >= 0.6 is 10.3 Å². The summed E-state index contributed by atoms with van der Waals surface area (Å²) in [5.74, 6) is 1.48. The lowest BCUT2D eigenvalue weighted by molar-refractivity contribution is 0.359. The molecule has 0 aliphatic heterocycles. The van der Waals surface area contributed by atoms with E-state index in [1.54, 1.807) is 18.9 Å². The normalized spacial score (nSPS) is 12.5. The molecule has 0 aliphatic rings. The lowest BCUT2D eigenvalue weighted by atomic mass is 10.1. The number of rotatable bonds is 9. The molecule has 0 N–H and O–H groups in total. The highest BCUT2D eigenvalue weighted by Gasteiger charge is 2.29. The Hall–Kier alpha value is -3.23. The van der Waals surface area contributed by atoms with Gasteiger partial charge in [0.1, 0.15) is 11.5 Å². The summed E-state index contributed by atoms with van der Waals surface area (Å²) >= 11 is 0. The summed E-state index contributed by atoms with van der Waals surface area (Å²) in [6.07, 6.45) is 10.2. The summed E-state index contributed by atoms with van der Waals surface area (Å²) in [7, 11) is 4.01. The van der Waals surface area contributed by atoms with Crippen LogP contribution in [0.5, 0.6) is 11.5 Å². The van der Waals surface area contributed by atoms with Gasteiger partial charge in [-0.15, -0.1) is 10.3 Å². The number of ether oxygens (including phenoxy) is 2. The second-order valence-electron chi connectivity index (χ2n) is 10.4. The molecule has 0 saturated carbocycles. The van der Waals surface area contributed by atoms with E-state index in [-0.39, 0.29) is 4.75 Å². The first kappa shape index (κ1) is 26.8. The minimum absolute atomic E-state index is 0.0916. The molecule has 4 rings (SSSR count). The van der Waals surface area contributed by atoms with E-state index in [2.05, 4.69) is 67.5 Å². The van der Waals surface area contributed by atoms with Crippen LogP contribution in [0.2, 0.25) is 0 Å². The molecule has 0 aliphatic carbocycles. The number of anilines is 2. The minimum atomic E-state index is -1.25. The number of methoxy groups -OCH3 is 2. The van der Waals surface area contributed by atoms with Gasteiger partial charge in [0.2, 0.25) is 0 Å². The molecule has 0 bridgehead atoms. The Morgan fingerprint density at radius 3 is 2.19 bits per heavy atom. The second-order valence-corrected chi connectivity index (χ2v) is 14.3. The van der Waals surface area contributed by atoms with Gasteiger partial charge in [0.05, 0.1) is 32.5 Å². The van der Waals surface area contributed by atoms with Gasteiger partial charge in [-0.2, -0.15) is 5.10 Å². The van der Waals surface area contributed by atoms with E-state index in [0.717, 1.165) is 44.9 Å². The number of benzene rings is 2. The lowest BCUT2D eigenvalue weighted by Crippen LogP contribution is -2.29. The van der Waals surface area contributed by atoms with Gasteiger partial charge >= 0.3 is 0 Å². The molecular formula is C29H38N4O3S. The van der Waals surface area contributed by atoms with Crippen molar-refractivity contribution in [2.45, 2.75) is 25.5 Å². The van der Waals surface area contributed by atoms with Gasteiger partial charge in [-0.3, -0.25) is 9.67 Å². The van der Waals surface area contributed by atoms with Gasteiger partial charge in [-0.1, -0.05) is 20.8 Å². The third kappa shape index (κ3) is 6.02. The SMILES string of the molecule is COc1cc(OC)cc(N(CCOS(C)(C)C(C)(C)C)c2ccc3ncc(-c4cnn(C)c4)cc3c2)c1. The zero-order valence-electron chi connectivity index (χ0n) is 23.1. The quantitative estimate of drug-likeness (QED) is 0.247. The van der Waals surface area contributed by atoms with Crippen LogP contribution in [0.15, 0.2) is 61.1 Å². The number of hydrogen-bond acceptors (Lipinski definition) is 6. The van der Waals surface area contributed by atoms with E-state index in [1.807, 2.05) is 43.8 Å². The maximum Gasteiger partial charge on any atom is 0.124 e. The van der Waals surface area contributed by atoms with Crippen LogP contribution in [-0.2, 0) is 11.2 Å². The maximum atomic E-state index is 6.50. The predicted octanol–water partition coefficient (Wildman–Crippen LogP) is 6.58. The van der Waals surface area contributed by atoms with Crippen LogP contribution < -0.4 is 14.4 Å². The van der Waals surface area contributed by atoms with Crippen molar-refractivity contribution in [2.75, 3.05) is 44.8 Å². The number of aromatic nitrogens is 3. The maximum absolute atomic E-state index is 6.50. The van der Waals surface area contributed by atoms with Crippen LogP contribution in [0.4, 0.5) is 11.4 Å². The highest BCUT2D eigenvalue weighted by Crippen LogP contribution is 2.53. The van der Waals surface area contributed by atoms with Crippen LogP contribution in [0.25, 0.3) is 22.0 Å². The van der Waals surface area contributed by atoms with Crippen molar-refractivity contribution >= 4 is 32.6 Å². The highest BCUT2D eigenvalue weighted by atomic mass is 32.3. The topological polar surface area (TPSA) is 61.6 Å². The van der Waals surface area contributed by atoms with Gasteiger partial charge in [0, 0.05) is 76.8 Å². The predicted molar refractivity (Wildman–Crippen MR) is 156 cm³/mol. The average Bonchev–Trinajstić information content (AvgIpc) is 3.31. The summed E-state index contributed by atoms with van der Waals surface area (Å²) in [5, 5.41) is 5.36. The Labute approximate surface area is 221 Å². The van der Waals surface area contributed by atoms with Crippen molar-refractivity contribution in [3.8, 4) is 22.6 Å². The molecule has 37 heavy (non-hydrogen) atoms. The largest absolute Gasteiger partial charge is 0.497 e. The lowest BCUT2D eigenvalue weighted by Gasteiger charge is -2.44. The van der Waals surface area contributed by atoms with E-state index in [4.69, 9.17) is 18.6 Å². The molecule has 0 atom stereocenters. The monoisotopic (exact) mass is 522 g/mol. The molecule has 0 fully saturated rings. The fourth-order valence-electron chi connectivity index (χ4n) is 3.88. The molecule has 198 valence electrons. The van der Waals surface area contributed by atoms with Gasteiger partial charge in [0.25, 0.3) is 0 Å². The van der Waals surface area contributed by atoms with Crippen molar-refractivity contribution in [1.82, 2.24) is 14.8 Å². The van der Waals surface area contributed by atoms with Crippen molar-refractivity contribution in [3.05, 3.63) is 61.1 Å². The average molecular weight is 523 g/mol. The Morgan fingerprint density at radius 2 is 1.59 bits per heavy atom. The third-order valence-corrected chi connectivity index (χ3v) is 10.5. The molecule has 0 spiro atoms. The number of hydrogen-bond donors (Lipinski definition) is 0. The van der Waals surface area contributed by atoms with Crippen LogP contribution in [0.3, 0.4) is 0 Å². The first-order valence-electron chi connectivity index (χ1n) is 12.3. The van der Waals surface area contributed by atoms with E-state index in [9.17, 15) is 0 Å². The molecule has 7 nitrogen and oxygen atoms in total. The Bertz CT molecular complexity index is 1360. The van der Waals surface area contributed by atoms with E-state index in [0.29, 0.717) is 13.2 Å². The summed E-state index contributed by atoms with van der Waals surface area (Å²) in [4.78, 5) is 6.95. The van der Waals surface area contributed by atoms with Crippen LogP contribution in [0.1, 0.15) is 20.8 Å². The first-order valence-corrected chi connectivity index (χ1v) is 14.6. The second kappa shape index (κ2) is 10.6. The molecule has 2 aromatic heterocycles. The van der Waals surface area contributed by atoms with Crippen LogP contribution in [-0.4, -0.2) is 59.4 Å². The fraction of sp³-hybridized carbons (Fsp3) is 0.379. The van der Waals surface area contributed by atoms with Gasteiger partial charge in [-0.05, 0) is 36.8 Å². The Balaban J connectivity index is 1.73. The summed E-state index contributed by atoms with van der Waals surface area (Å²) in [6.45, 7) is 7.98. The minimum Gasteiger partial charge on any atom is -0.497 e. The molecule has 0 amide bonds. The fourth-order valence-corrected chi connectivity index (χ4v) is 4.73. The number of fused-ring (bicyclic) bond motifs is 1. The Morgan fingerprint density at radius 1 is 0.892 bits per heavy atom. The standard InChI is InChI=1S/C29H38N4O3S/c1-29(2,3)37(7,8)36-12-11-33(25-15-26(34-5)17-27(16-25)35-6)24-9-10-28-21(14-24)13-22(18-30-28)23-19-31-32(4)20-23/h9-10,13-20H,11-12H2,1-8H3. The summed E-state index contributed by atoms with van der Waals surface area (Å²) in [6, 6.07) is 14.4. The highest BCUT2D eigenvalue weighted by molar-refractivity contribution is 8.29. The van der Waals surface area contributed by atoms with Gasteiger partial charge < -0.3 is 18.6 Å². The molecule has 4 aromatic rings. The molecule has 0 saturated heterocycles. The molecule has 0 radical (unpaired) electrons. The number of aryl methyl sites for hydroxylation is 1. The van der Waals surface area contributed by atoms with Crippen molar-refractivity contribution in [1.29, 1.82) is 0 Å². The number of pyridine rings is 1. The molecule has 2 aromatic carbocycles. The van der Waals surface area contributed by atoms with Crippen molar-refractivity contribution in [3.63, 3.8) is 0 Å². The van der Waals surface area contributed by atoms with E-state index in [1.165, 1.54) is 0 Å². The Kier molecular flexibility index (Phi) is 7.71.